The van der Waals surface area contributed by atoms with Crippen LogP contribution >= 0.6 is 0 Å². The van der Waals surface area contributed by atoms with Crippen molar-refractivity contribution in [1.82, 2.24) is 0 Å². The minimum absolute atomic E-state index is 0.457. The van der Waals surface area contributed by atoms with Gasteiger partial charge in [-0.3, -0.25) is 0 Å². The minimum atomic E-state index is 0.457. The van der Waals surface area contributed by atoms with Crippen molar-refractivity contribution < 1.29 is 4.42 Å². The van der Waals surface area contributed by atoms with Crippen molar-refractivity contribution in [2.45, 2.75) is 33.1 Å². The summed E-state index contributed by atoms with van der Waals surface area (Å²) in [5, 5.41) is 0. The summed E-state index contributed by atoms with van der Waals surface area (Å²) in [6.45, 7) is 8.99. The molecule has 0 spiro atoms. The molecule has 84 valence electrons. The molecule has 2 fully saturated rings. The van der Waals surface area contributed by atoms with Gasteiger partial charge in [0.2, 0.25) is 0 Å². The smallest absolute Gasteiger partial charge is 0.107 e. The molecule has 0 unspecified atom stereocenters. The van der Waals surface area contributed by atoms with E-state index in [0.717, 1.165) is 24.2 Å². The van der Waals surface area contributed by atoms with Crippen LogP contribution in [0.4, 0.5) is 0 Å². The summed E-state index contributed by atoms with van der Waals surface area (Å²) < 4.78 is 5.73. The van der Waals surface area contributed by atoms with Crippen molar-refractivity contribution in [2.75, 3.05) is 0 Å². The lowest BCUT2D eigenvalue weighted by Crippen LogP contribution is -2.34. The van der Waals surface area contributed by atoms with Crippen molar-refractivity contribution in [2.24, 2.45) is 23.2 Å². The van der Waals surface area contributed by atoms with Crippen LogP contribution in [0.5, 0.6) is 0 Å². The van der Waals surface area contributed by atoms with Gasteiger partial charge in [0.05, 0.1) is 6.26 Å². The standard InChI is InChI=1S/C15H18O/c1-8-7-16-14-6-15(3)12(4-10(8)14)9(2)11-5-13(11)15/h7,11-13H,2,4-6H2,1,3H3/t11-,12-,13+,15-/m0/s1. The van der Waals surface area contributed by atoms with E-state index in [-0.39, 0.29) is 0 Å². The predicted octanol–water partition coefficient (Wildman–Crippen LogP) is 3.52. The number of hydrogen-bond acceptors (Lipinski definition) is 1. The Bertz CT molecular complexity index is 496. The molecule has 0 radical (unpaired) electrons. The van der Waals surface area contributed by atoms with Crippen molar-refractivity contribution in [3.05, 3.63) is 35.3 Å². The number of hydrogen-bond donors (Lipinski definition) is 0. The maximum atomic E-state index is 5.73. The summed E-state index contributed by atoms with van der Waals surface area (Å²) in [7, 11) is 0. The van der Waals surface area contributed by atoms with Crippen LogP contribution in [-0.4, -0.2) is 0 Å². The second-order valence-electron chi connectivity index (χ2n) is 6.28. The summed E-state index contributed by atoms with van der Waals surface area (Å²) in [4.78, 5) is 0. The first-order valence-corrected chi connectivity index (χ1v) is 6.36. The molecule has 1 heteroatoms. The third-order valence-corrected chi connectivity index (χ3v) is 5.50. The highest BCUT2D eigenvalue weighted by Crippen LogP contribution is 2.69. The van der Waals surface area contributed by atoms with Crippen molar-refractivity contribution >= 4 is 0 Å². The molecule has 3 aliphatic carbocycles. The van der Waals surface area contributed by atoms with Gasteiger partial charge in [0.1, 0.15) is 5.76 Å². The van der Waals surface area contributed by atoms with Crippen LogP contribution in [0.3, 0.4) is 0 Å². The number of aryl methyl sites for hydroxylation is 1. The monoisotopic (exact) mass is 214 g/mol. The van der Waals surface area contributed by atoms with E-state index in [2.05, 4.69) is 20.4 Å². The molecule has 1 aromatic heterocycles. The zero-order chi connectivity index (χ0) is 11.1. The highest BCUT2D eigenvalue weighted by atomic mass is 16.3. The molecule has 0 N–H and O–H groups in total. The molecule has 3 aliphatic rings. The topological polar surface area (TPSA) is 13.1 Å². The van der Waals surface area contributed by atoms with Gasteiger partial charge in [-0.25, -0.2) is 0 Å². The number of rotatable bonds is 0. The lowest BCUT2D eigenvalue weighted by molar-refractivity contribution is 0.174. The Hall–Kier alpha value is -0.980. The summed E-state index contributed by atoms with van der Waals surface area (Å²) in [6.07, 6.45) is 5.64. The second-order valence-corrected chi connectivity index (χ2v) is 6.28. The summed E-state index contributed by atoms with van der Waals surface area (Å²) >= 11 is 0. The van der Waals surface area contributed by atoms with E-state index < -0.39 is 0 Å². The first-order valence-electron chi connectivity index (χ1n) is 6.36. The maximum absolute atomic E-state index is 5.73. The van der Waals surface area contributed by atoms with E-state index in [4.69, 9.17) is 4.42 Å². The molecule has 0 bridgehead atoms. The van der Waals surface area contributed by atoms with Crippen molar-refractivity contribution in [3.63, 3.8) is 0 Å². The third-order valence-electron chi connectivity index (χ3n) is 5.50. The molecule has 1 nitrogen and oxygen atoms in total. The Morgan fingerprint density at radius 3 is 3.12 bits per heavy atom. The van der Waals surface area contributed by atoms with E-state index in [1.807, 2.05) is 6.26 Å². The van der Waals surface area contributed by atoms with E-state index in [9.17, 15) is 0 Å². The molecule has 16 heavy (non-hydrogen) atoms. The number of allylic oxidation sites excluding steroid dienone is 1. The average molecular weight is 214 g/mol. The lowest BCUT2D eigenvalue weighted by atomic mass is 9.65. The van der Waals surface area contributed by atoms with Crippen LogP contribution in [0.15, 0.2) is 22.8 Å². The van der Waals surface area contributed by atoms with Gasteiger partial charge in [0, 0.05) is 6.42 Å². The zero-order valence-electron chi connectivity index (χ0n) is 10.0. The van der Waals surface area contributed by atoms with Crippen LogP contribution in [0, 0.1) is 30.1 Å². The molecule has 1 aromatic rings. The molecule has 1 heterocycles. The van der Waals surface area contributed by atoms with E-state index >= 15 is 0 Å². The quantitative estimate of drug-likeness (QED) is 0.602. The Labute approximate surface area is 96.5 Å². The normalized spacial score (nSPS) is 43.9. The van der Waals surface area contributed by atoms with Gasteiger partial charge in [0.25, 0.3) is 0 Å². The van der Waals surface area contributed by atoms with Gasteiger partial charge in [-0.1, -0.05) is 19.1 Å². The van der Waals surface area contributed by atoms with Gasteiger partial charge in [-0.05, 0) is 54.1 Å². The number of fused-ring (bicyclic) bond motifs is 4. The Kier molecular flexibility index (Phi) is 1.40. The largest absolute Gasteiger partial charge is 0.469 e. The third kappa shape index (κ3) is 0.851. The average Bonchev–Trinajstić information content (AvgIpc) is 2.94. The van der Waals surface area contributed by atoms with Gasteiger partial charge in [-0.15, -0.1) is 0 Å². The Morgan fingerprint density at radius 1 is 1.50 bits per heavy atom. The first kappa shape index (κ1) is 9.09. The fourth-order valence-corrected chi connectivity index (χ4v) is 4.39. The van der Waals surface area contributed by atoms with E-state index in [1.54, 1.807) is 5.57 Å². The van der Waals surface area contributed by atoms with Crippen molar-refractivity contribution in [3.8, 4) is 0 Å². The van der Waals surface area contributed by atoms with E-state index in [1.165, 1.54) is 29.7 Å². The Balaban J connectivity index is 1.84. The lowest BCUT2D eigenvalue weighted by Gasteiger charge is -2.38. The molecule has 2 saturated carbocycles. The van der Waals surface area contributed by atoms with Crippen molar-refractivity contribution in [1.29, 1.82) is 0 Å². The predicted molar refractivity (Wildman–Crippen MR) is 63.2 cm³/mol. The zero-order valence-corrected chi connectivity index (χ0v) is 10.0. The summed E-state index contributed by atoms with van der Waals surface area (Å²) in [5.41, 5.74) is 4.81. The Morgan fingerprint density at radius 2 is 2.31 bits per heavy atom. The minimum Gasteiger partial charge on any atom is -0.469 e. The molecule has 0 amide bonds. The highest BCUT2D eigenvalue weighted by molar-refractivity contribution is 5.40. The molecular weight excluding hydrogens is 196 g/mol. The van der Waals surface area contributed by atoms with Crippen LogP contribution in [-0.2, 0) is 12.8 Å². The SMILES string of the molecule is C=C1[C@@H]2C[C@H]2[C@@]2(C)Cc3occ(C)c3C[C@@H]12. The van der Waals surface area contributed by atoms with Gasteiger partial charge in [0.15, 0.2) is 0 Å². The summed E-state index contributed by atoms with van der Waals surface area (Å²) in [6, 6.07) is 0. The number of furan rings is 1. The van der Waals surface area contributed by atoms with Gasteiger partial charge >= 0.3 is 0 Å². The molecular formula is C15H18O. The fourth-order valence-electron chi connectivity index (χ4n) is 4.39. The van der Waals surface area contributed by atoms with Crippen LogP contribution in [0.1, 0.15) is 30.2 Å². The molecule has 0 saturated heterocycles. The molecule has 4 rings (SSSR count). The van der Waals surface area contributed by atoms with E-state index in [0.29, 0.717) is 5.41 Å². The van der Waals surface area contributed by atoms with Crippen LogP contribution in [0.2, 0.25) is 0 Å². The van der Waals surface area contributed by atoms with Crippen LogP contribution < -0.4 is 0 Å². The second kappa shape index (κ2) is 2.47. The molecule has 0 aromatic carbocycles. The molecule has 0 aliphatic heterocycles. The molecule has 4 atom stereocenters. The fraction of sp³-hybridized carbons (Fsp3) is 0.600. The maximum Gasteiger partial charge on any atom is 0.107 e. The summed E-state index contributed by atoms with van der Waals surface area (Å²) in [5.74, 6) is 3.74. The van der Waals surface area contributed by atoms with Gasteiger partial charge < -0.3 is 4.42 Å². The van der Waals surface area contributed by atoms with Crippen LogP contribution in [0.25, 0.3) is 0 Å². The highest BCUT2D eigenvalue weighted by Gasteiger charge is 2.63. The first-order chi connectivity index (χ1) is 7.61. The van der Waals surface area contributed by atoms with Gasteiger partial charge in [-0.2, -0.15) is 0 Å².